The third-order valence-corrected chi connectivity index (χ3v) is 8.34. The van der Waals surface area contributed by atoms with Gasteiger partial charge >= 0.3 is 6.03 Å². The van der Waals surface area contributed by atoms with E-state index in [-0.39, 0.29) is 43.2 Å². The number of aryl methyl sites for hydroxylation is 1. The lowest BCUT2D eigenvalue weighted by Gasteiger charge is -2.24. The van der Waals surface area contributed by atoms with E-state index in [2.05, 4.69) is 20.9 Å². The number of rotatable bonds is 41. The number of carboxylic acids is 3. The van der Waals surface area contributed by atoms with Crippen molar-refractivity contribution in [2.24, 2.45) is 0 Å². The van der Waals surface area contributed by atoms with E-state index >= 15 is 0 Å². The molecule has 0 aliphatic heterocycles. The molecule has 0 aliphatic carbocycles. The third-order valence-electron chi connectivity index (χ3n) is 8.34. The van der Waals surface area contributed by atoms with E-state index in [9.17, 15) is 54.7 Å². The Bertz CT molecular complexity index is 1690. The summed E-state index contributed by atoms with van der Waals surface area (Å²) >= 11 is 0. The van der Waals surface area contributed by atoms with Crippen LogP contribution in [0.2, 0.25) is 0 Å². The molecule has 2 aromatic rings. The number of unbranched alkanes of at least 4 members (excludes halogenated alkanes) is 1. The Hall–Kier alpha value is -5.68. The number of aliphatic carboxylic acids is 3. The van der Waals surface area contributed by atoms with Crippen molar-refractivity contribution in [2.75, 3.05) is 111 Å². The summed E-state index contributed by atoms with van der Waals surface area (Å²) < 4.78 is 45.2. The van der Waals surface area contributed by atoms with E-state index in [1.54, 1.807) is 10.9 Å². The summed E-state index contributed by atoms with van der Waals surface area (Å²) in [5.74, 6) is -4.82. The number of anilines is 1. The SMILES string of the molecule is O=C([O-])CC[C@H](NC(=O)N[C@@H](CCCCn1cc(COCCOCCOCCOCCOCCOCCOCCOCCNc2ccc([N+](=O)[O-])cc2[N+](=O)[O-])nn1)C(=O)[O-])C(=O)[O-]. The molecule has 0 radical (unpaired) electrons. The first-order valence-electron chi connectivity index (χ1n) is 20.2. The van der Waals surface area contributed by atoms with E-state index in [1.165, 1.54) is 12.1 Å². The van der Waals surface area contributed by atoms with Crippen molar-refractivity contribution in [1.82, 2.24) is 25.6 Å². The van der Waals surface area contributed by atoms with Crippen LogP contribution in [0.15, 0.2) is 24.4 Å². The lowest BCUT2D eigenvalue weighted by atomic mass is 10.1. The number of ether oxygens (including phenoxy) is 8. The molecule has 2 rings (SSSR count). The Balaban J connectivity index is 1.33. The minimum absolute atomic E-state index is 0.0233. The van der Waals surface area contributed by atoms with Gasteiger partial charge in [-0.1, -0.05) is 5.21 Å². The molecular formula is C37H55N8O19-3. The molecule has 1 heterocycles. The summed E-state index contributed by atoms with van der Waals surface area (Å²) in [5, 5.41) is 70.1. The molecule has 1 aromatic heterocycles. The van der Waals surface area contributed by atoms with E-state index in [0.29, 0.717) is 118 Å². The van der Waals surface area contributed by atoms with Crippen molar-refractivity contribution in [1.29, 1.82) is 0 Å². The van der Waals surface area contributed by atoms with Gasteiger partial charge in [0, 0.05) is 25.1 Å². The molecule has 0 spiro atoms. The van der Waals surface area contributed by atoms with Crippen molar-refractivity contribution in [2.45, 2.75) is 57.3 Å². The second-order valence-electron chi connectivity index (χ2n) is 13.2. The summed E-state index contributed by atoms with van der Waals surface area (Å²) in [4.78, 5) is 65.8. The summed E-state index contributed by atoms with van der Waals surface area (Å²) in [6, 6.07) is -0.825. The van der Waals surface area contributed by atoms with Gasteiger partial charge in [0.25, 0.3) is 11.4 Å². The number of aromatic nitrogens is 3. The fourth-order valence-electron chi connectivity index (χ4n) is 5.16. The fraction of sp³-hybridized carbons (Fsp3) is 0.676. The molecule has 27 heteroatoms. The number of non-ortho nitro benzene ring substituents is 1. The van der Waals surface area contributed by atoms with Crippen LogP contribution in [0.3, 0.4) is 0 Å². The maximum Gasteiger partial charge on any atom is 0.315 e. The van der Waals surface area contributed by atoms with Crippen molar-refractivity contribution in [3.05, 3.63) is 50.3 Å². The first-order valence-corrected chi connectivity index (χ1v) is 20.2. The number of carboxylic acid groups (broad SMARTS) is 3. The largest absolute Gasteiger partial charge is 0.550 e. The summed E-state index contributed by atoms with van der Waals surface area (Å²) in [6.07, 6.45) is 1.31. The number of carbonyl (C=O) groups is 4. The average molecular weight is 916 g/mol. The van der Waals surface area contributed by atoms with Crippen LogP contribution >= 0.6 is 0 Å². The number of urea groups is 1. The Labute approximate surface area is 367 Å². The number of hydrogen-bond acceptors (Lipinski definition) is 22. The predicted molar refractivity (Wildman–Crippen MR) is 211 cm³/mol. The molecule has 3 N–H and O–H groups in total. The topological polar surface area (TPSA) is 364 Å². The minimum Gasteiger partial charge on any atom is -0.550 e. The van der Waals surface area contributed by atoms with Crippen LogP contribution in [-0.4, -0.2) is 167 Å². The van der Waals surface area contributed by atoms with Gasteiger partial charge in [0.05, 0.1) is 152 Å². The van der Waals surface area contributed by atoms with Gasteiger partial charge in [-0.15, -0.1) is 5.10 Å². The number of carbonyl (C=O) groups excluding carboxylic acids is 4. The number of nitro benzene ring substituents is 2. The van der Waals surface area contributed by atoms with E-state index in [1.807, 2.05) is 5.32 Å². The molecule has 0 saturated heterocycles. The maximum atomic E-state index is 12.1. The number of nitrogens with one attached hydrogen (secondary N) is 3. The number of nitrogens with zero attached hydrogens (tertiary/aromatic N) is 5. The van der Waals surface area contributed by atoms with Gasteiger partial charge in [-0.25, -0.2) is 4.79 Å². The average Bonchev–Trinajstić information content (AvgIpc) is 3.71. The molecule has 1 aromatic carbocycles. The highest BCUT2D eigenvalue weighted by Crippen LogP contribution is 2.28. The van der Waals surface area contributed by atoms with Crippen LogP contribution in [0.4, 0.5) is 21.9 Å². The molecular weight excluding hydrogens is 860 g/mol. The van der Waals surface area contributed by atoms with E-state index in [4.69, 9.17) is 37.9 Å². The Morgan fingerprint density at radius 3 is 1.59 bits per heavy atom. The lowest BCUT2D eigenvalue weighted by molar-refractivity contribution is -0.393. The minimum atomic E-state index is -1.73. The summed E-state index contributed by atoms with van der Waals surface area (Å²) in [7, 11) is 0. The number of hydrogen-bond donors (Lipinski definition) is 3. The lowest BCUT2D eigenvalue weighted by Crippen LogP contribution is -2.56. The molecule has 2 amide bonds. The molecule has 0 bridgehead atoms. The predicted octanol–water partition coefficient (Wildman–Crippen LogP) is -2.92. The van der Waals surface area contributed by atoms with Gasteiger partial charge < -0.3 is 83.5 Å². The zero-order chi connectivity index (χ0) is 46.8. The van der Waals surface area contributed by atoms with Crippen molar-refractivity contribution in [3.8, 4) is 0 Å². The Kier molecular flexibility index (Phi) is 28.8. The quantitative estimate of drug-likeness (QED) is 0.0342. The first-order chi connectivity index (χ1) is 30.9. The third kappa shape index (κ3) is 26.1. The molecule has 64 heavy (non-hydrogen) atoms. The van der Waals surface area contributed by atoms with Crippen LogP contribution in [0.5, 0.6) is 0 Å². The molecule has 27 nitrogen and oxygen atoms in total. The van der Waals surface area contributed by atoms with E-state index < -0.39 is 58.7 Å². The highest BCUT2D eigenvalue weighted by Gasteiger charge is 2.20. The fourth-order valence-corrected chi connectivity index (χ4v) is 5.16. The number of benzene rings is 1. The zero-order valence-corrected chi connectivity index (χ0v) is 35.2. The van der Waals surface area contributed by atoms with Gasteiger partial charge in [-0.05, 0) is 38.2 Å². The van der Waals surface area contributed by atoms with Crippen molar-refractivity contribution in [3.63, 3.8) is 0 Å². The highest BCUT2D eigenvalue weighted by molar-refractivity contribution is 5.85. The van der Waals surface area contributed by atoms with Gasteiger partial charge in [-0.3, -0.25) is 24.9 Å². The number of nitro groups is 2. The molecule has 0 saturated carbocycles. The van der Waals surface area contributed by atoms with Crippen LogP contribution in [0.25, 0.3) is 0 Å². The molecule has 0 unspecified atom stereocenters. The van der Waals surface area contributed by atoms with Gasteiger partial charge in [0.2, 0.25) is 0 Å². The molecule has 360 valence electrons. The Morgan fingerprint density at radius 2 is 1.12 bits per heavy atom. The molecule has 0 aliphatic rings. The van der Waals surface area contributed by atoms with Gasteiger partial charge in [0.1, 0.15) is 11.4 Å². The van der Waals surface area contributed by atoms with Crippen LogP contribution < -0.4 is 31.3 Å². The summed E-state index contributed by atoms with van der Waals surface area (Å²) in [6.45, 7) is 6.24. The van der Waals surface area contributed by atoms with Gasteiger partial charge in [-0.2, -0.15) is 0 Å². The van der Waals surface area contributed by atoms with Crippen molar-refractivity contribution < 1.29 is 82.2 Å². The van der Waals surface area contributed by atoms with Gasteiger partial charge in [0.15, 0.2) is 0 Å². The second kappa shape index (κ2) is 33.8. The monoisotopic (exact) mass is 915 g/mol. The second-order valence-corrected chi connectivity index (χ2v) is 13.2. The van der Waals surface area contributed by atoms with Crippen molar-refractivity contribution >= 4 is 41.0 Å². The smallest absolute Gasteiger partial charge is 0.315 e. The standard InChI is InChI=1S/C37H58N8O19/c46-34(47)7-6-32(36(50)51)40-37(52)39-31(35(48)49)3-1-2-9-43-26-28(41-42-43)27-64-24-23-63-22-21-62-20-19-61-18-17-60-16-15-59-14-13-58-12-11-57-10-8-38-30-5-4-29(44(53)54)25-33(30)45(55)56/h4-5,25-26,31-32,38H,1-3,6-24,27H2,(H,46,47)(H,48,49)(H,50,51)(H2,39,40,52)/p-3/t31-,32-/m0/s1. The van der Waals surface area contributed by atoms with Crippen LogP contribution in [0.1, 0.15) is 37.8 Å². The Morgan fingerprint density at radius 1 is 0.641 bits per heavy atom. The number of amides is 2. The normalized spacial score (nSPS) is 12.1. The highest BCUT2D eigenvalue weighted by atomic mass is 16.6. The molecule has 0 fully saturated rings. The summed E-state index contributed by atoms with van der Waals surface area (Å²) in [5.41, 5.74) is -0.0151. The van der Waals surface area contributed by atoms with E-state index in [0.717, 1.165) is 6.07 Å². The first kappa shape index (κ1) is 54.5. The zero-order valence-electron chi connectivity index (χ0n) is 35.2. The molecule has 2 atom stereocenters. The van der Waals surface area contributed by atoms with Crippen LogP contribution in [-0.2, 0) is 65.4 Å². The maximum absolute atomic E-state index is 12.1. The van der Waals surface area contributed by atoms with Crippen LogP contribution in [0, 0.1) is 20.2 Å².